The van der Waals surface area contributed by atoms with Crippen LogP contribution in [0.5, 0.6) is 5.75 Å². The van der Waals surface area contributed by atoms with Crippen molar-refractivity contribution in [2.75, 3.05) is 50.1 Å². The van der Waals surface area contributed by atoms with Crippen LogP contribution in [0.2, 0.25) is 0 Å². The van der Waals surface area contributed by atoms with E-state index in [0.717, 1.165) is 54.4 Å². The Labute approximate surface area is 184 Å². The van der Waals surface area contributed by atoms with E-state index < -0.39 is 0 Å². The molecule has 1 atom stereocenters. The fourth-order valence-corrected chi connectivity index (χ4v) is 4.06. The fourth-order valence-electron chi connectivity index (χ4n) is 4.06. The van der Waals surface area contributed by atoms with Crippen LogP contribution in [0.4, 0.5) is 11.4 Å². The highest BCUT2D eigenvalue weighted by Crippen LogP contribution is 2.27. The number of anilines is 2. The summed E-state index contributed by atoms with van der Waals surface area (Å²) in [4.78, 5) is 28.5. The minimum absolute atomic E-state index is 0.0302. The molecule has 1 saturated heterocycles. The number of nitrogens with one attached hydrogen (secondary N) is 3. The molecule has 7 heteroatoms. The minimum atomic E-state index is -0.215. The Hall–Kier alpha value is -3.06. The van der Waals surface area contributed by atoms with Gasteiger partial charge in [-0.15, -0.1) is 0 Å². The highest BCUT2D eigenvalue weighted by atomic mass is 16.5. The highest BCUT2D eigenvalue weighted by Gasteiger charge is 2.30. The Kier molecular flexibility index (Phi) is 7.52. The van der Waals surface area contributed by atoms with Crippen molar-refractivity contribution in [2.45, 2.75) is 26.8 Å². The number of rotatable bonds is 7. The summed E-state index contributed by atoms with van der Waals surface area (Å²) in [5.41, 5.74) is 3.91. The molecule has 2 aromatic rings. The summed E-state index contributed by atoms with van der Waals surface area (Å²) >= 11 is 0. The third-order valence-electron chi connectivity index (χ3n) is 6.01. The summed E-state index contributed by atoms with van der Waals surface area (Å²) in [7, 11) is 1.68. The summed E-state index contributed by atoms with van der Waals surface area (Å²) < 4.78 is 5.47. The zero-order valence-electron chi connectivity index (χ0n) is 18.8. The number of quaternary nitrogens is 1. The molecule has 0 aliphatic carbocycles. The van der Waals surface area contributed by atoms with E-state index in [1.165, 1.54) is 4.90 Å². The monoisotopic (exact) mass is 425 g/mol. The maximum absolute atomic E-state index is 12.6. The van der Waals surface area contributed by atoms with Gasteiger partial charge < -0.3 is 25.2 Å². The lowest BCUT2D eigenvalue weighted by Gasteiger charge is -2.36. The smallest absolute Gasteiger partial charge is 0.278 e. The molecule has 3 rings (SSSR count). The van der Waals surface area contributed by atoms with Crippen LogP contribution in [0.1, 0.15) is 18.1 Å². The summed E-state index contributed by atoms with van der Waals surface area (Å²) in [6.07, 6.45) is 0. The number of aryl methyl sites for hydroxylation is 2. The molecule has 2 amide bonds. The van der Waals surface area contributed by atoms with Crippen LogP contribution in [-0.2, 0) is 9.59 Å². The Bertz CT molecular complexity index is 903. The van der Waals surface area contributed by atoms with E-state index in [9.17, 15) is 9.59 Å². The van der Waals surface area contributed by atoms with Gasteiger partial charge in [0, 0.05) is 5.69 Å². The quantitative estimate of drug-likeness (QED) is 0.622. The van der Waals surface area contributed by atoms with Gasteiger partial charge in [-0.05, 0) is 44.0 Å². The topological polar surface area (TPSA) is 75.1 Å². The lowest BCUT2D eigenvalue weighted by molar-refractivity contribution is -0.914. The molecule has 2 aromatic carbocycles. The van der Waals surface area contributed by atoms with E-state index in [2.05, 4.69) is 21.6 Å². The van der Waals surface area contributed by atoms with E-state index in [4.69, 9.17) is 4.74 Å². The Morgan fingerprint density at radius 3 is 2.35 bits per heavy atom. The van der Waals surface area contributed by atoms with Crippen molar-refractivity contribution in [1.82, 2.24) is 5.32 Å². The molecule has 0 radical (unpaired) electrons. The van der Waals surface area contributed by atoms with Crippen LogP contribution in [0.25, 0.3) is 0 Å². The summed E-state index contributed by atoms with van der Waals surface area (Å²) in [6.45, 7) is 9.20. The Morgan fingerprint density at radius 1 is 1.06 bits per heavy atom. The van der Waals surface area contributed by atoms with Crippen molar-refractivity contribution in [3.05, 3.63) is 53.6 Å². The molecule has 1 aliphatic rings. The van der Waals surface area contributed by atoms with Gasteiger partial charge in [0.25, 0.3) is 5.91 Å². The van der Waals surface area contributed by atoms with Crippen LogP contribution in [0.3, 0.4) is 0 Å². The Morgan fingerprint density at radius 2 is 1.71 bits per heavy atom. The summed E-state index contributed by atoms with van der Waals surface area (Å²) in [5.74, 6) is 0.554. The number of methoxy groups -OCH3 is 1. The van der Waals surface area contributed by atoms with E-state index in [-0.39, 0.29) is 24.4 Å². The normalized spacial score (nSPS) is 15.3. The minimum Gasteiger partial charge on any atom is -0.495 e. The number of ether oxygens (including phenoxy) is 1. The first kappa shape index (κ1) is 22.6. The number of amides is 2. The van der Waals surface area contributed by atoms with Crippen molar-refractivity contribution < 1.29 is 19.2 Å². The van der Waals surface area contributed by atoms with Gasteiger partial charge in [0.1, 0.15) is 5.75 Å². The third kappa shape index (κ3) is 5.55. The van der Waals surface area contributed by atoms with E-state index in [0.29, 0.717) is 0 Å². The molecular weight excluding hydrogens is 392 g/mol. The maximum atomic E-state index is 12.6. The van der Waals surface area contributed by atoms with Gasteiger partial charge in [-0.2, -0.15) is 0 Å². The number of hydrogen-bond acceptors (Lipinski definition) is 4. The van der Waals surface area contributed by atoms with Gasteiger partial charge in [0.15, 0.2) is 6.04 Å². The van der Waals surface area contributed by atoms with Gasteiger partial charge >= 0.3 is 0 Å². The molecule has 3 N–H and O–H groups in total. The van der Waals surface area contributed by atoms with Crippen molar-refractivity contribution in [1.29, 1.82) is 0 Å². The number of carbonyl (C=O) groups is 2. The van der Waals surface area contributed by atoms with Crippen LogP contribution in [0.15, 0.2) is 42.5 Å². The second kappa shape index (κ2) is 10.3. The van der Waals surface area contributed by atoms with Gasteiger partial charge in [-0.25, -0.2) is 0 Å². The molecule has 0 saturated carbocycles. The van der Waals surface area contributed by atoms with Crippen LogP contribution in [0, 0.1) is 13.8 Å². The average molecular weight is 426 g/mol. The highest BCUT2D eigenvalue weighted by molar-refractivity contribution is 5.96. The SMILES string of the molecule is COc1ccccc1N1CC[NH+]([C@H](C)C(=O)NCC(=O)Nc2c(C)cccc2C)CC1. The lowest BCUT2D eigenvalue weighted by atomic mass is 10.1. The van der Waals surface area contributed by atoms with Crippen LogP contribution >= 0.6 is 0 Å². The van der Waals surface area contributed by atoms with E-state index in [1.807, 2.05) is 57.2 Å². The van der Waals surface area contributed by atoms with Crippen molar-refractivity contribution in [2.24, 2.45) is 0 Å². The molecule has 1 heterocycles. The maximum Gasteiger partial charge on any atom is 0.278 e. The summed E-state index contributed by atoms with van der Waals surface area (Å²) in [6, 6.07) is 13.7. The number of carbonyl (C=O) groups excluding carboxylic acids is 2. The van der Waals surface area contributed by atoms with Crippen molar-refractivity contribution in [3.8, 4) is 5.75 Å². The fraction of sp³-hybridized carbons (Fsp3) is 0.417. The molecule has 0 spiro atoms. The number of hydrogen-bond donors (Lipinski definition) is 3. The number of piperazine rings is 1. The third-order valence-corrected chi connectivity index (χ3v) is 6.01. The predicted molar refractivity (Wildman–Crippen MR) is 123 cm³/mol. The molecular formula is C24H33N4O3+. The second-order valence-corrected chi connectivity index (χ2v) is 8.07. The Balaban J connectivity index is 1.48. The van der Waals surface area contributed by atoms with Gasteiger partial charge in [-0.3, -0.25) is 9.59 Å². The molecule has 31 heavy (non-hydrogen) atoms. The van der Waals surface area contributed by atoms with Gasteiger partial charge in [-0.1, -0.05) is 30.3 Å². The lowest BCUT2D eigenvalue weighted by Crippen LogP contribution is -3.19. The average Bonchev–Trinajstić information content (AvgIpc) is 2.79. The molecule has 1 aliphatic heterocycles. The van der Waals surface area contributed by atoms with Crippen LogP contribution in [-0.4, -0.2) is 57.7 Å². The number of benzene rings is 2. The van der Waals surface area contributed by atoms with Crippen molar-refractivity contribution >= 4 is 23.2 Å². The zero-order valence-corrected chi connectivity index (χ0v) is 18.8. The number of nitrogens with zero attached hydrogens (tertiary/aromatic N) is 1. The van der Waals surface area contributed by atoms with E-state index >= 15 is 0 Å². The molecule has 1 fully saturated rings. The molecule has 0 bridgehead atoms. The molecule has 166 valence electrons. The van der Waals surface area contributed by atoms with Gasteiger partial charge in [0.2, 0.25) is 5.91 Å². The molecule has 0 aromatic heterocycles. The molecule has 7 nitrogen and oxygen atoms in total. The first-order chi connectivity index (χ1) is 14.9. The molecule has 0 unspecified atom stereocenters. The second-order valence-electron chi connectivity index (χ2n) is 8.07. The van der Waals surface area contributed by atoms with E-state index in [1.54, 1.807) is 7.11 Å². The zero-order chi connectivity index (χ0) is 22.4. The first-order valence-electron chi connectivity index (χ1n) is 10.8. The largest absolute Gasteiger partial charge is 0.495 e. The summed E-state index contributed by atoms with van der Waals surface area (Å²) in [5, 5.41) is 5.70. The van der Waals surface area contributed by atoms with Gasteiger partial charge in [0.05, 0.1) is 45.5 Å². The van der Waals surface area contributed by atoms with Crippen LogP contribution < -0.4 is 25.2 Å². The van der Waals surface area contributed by atoms with Crippen molar-refractivity contribution in [3.63, 3.8) is 0 Å². The predicted octanol–water partition coefficient (Wildman–Crippen LogP) is 1.16. The standard InChI is InChI=1S/C24H32N4O3/c1-17-8-7-9-18(2)23(17)26-22(29)16-25-24(30)19(3)27-12-14-28(15-13-27)20-10-5-6-11-21(20)31-4/h5-11,19H,12-16H2,1-4H3,(H,25,30)(H,26,29)/p+1/t19-/m1/s1. The first-order valence-corrected chi connectivity index (χ1v) is 10.8. The number of para-hydroxylation sites is 3.